The third-order valence-electron chi connectivity index (χ3n) is 2.96. The molecule has 0 aliphatic rings. The first-order chi connectivity index (χ1) is 9.16. The quantitative estimate of drug-likeness (QED) is 0.780. The Labute approximate surface area is 123 Å². The summed E-state index contributed by atoms with van der Waals surface area (Å²) in [6.07, 6.45) is 0. The molecule has 0 spiro atoms. The van der Waals surface area contributed by atoms with Crippen LogP contribution in [0.2, 0.25) is 0 Å². The predicted octanol–water partition coefficient (Wildman–Crippen LogP) is 2.09. The topological polar surface area (TPSA) is 63.7 Å². The van der Waals surface area contributed by atoms with Crippen LogP contribution >= 0.6 is 10.7 Å². The molecular formula is C13H18ClNO4S. The van der Waals surface area contributed by atoms with E-state index in [-0.39, 0.29) is 17.4 Å². The van der Waals surface area contributed by atoms with Crippen molar-refractivity contribution in [3.63, 3.8) is 0 Å². The van der Waals surface area contributed by atoms with Crippen LogP contribution < -0.4 is 4.74 Å². The molecule has 1 aromatic carbocycles. The first kappa shape index (κ1) is 16.8. The summed E-state index contributed by atoms with van der Waals surface area (Å²) in [7, 11) is 3.23. The van der Waals surface area contributed by atoms with Gasteiger partial charge in [-0.15, -0.1) is 0 Å². The van der Waals surface area contributed by atoms with Crippen LogP contribution in [0.4, 0.5) is 0 Å². The van der Waals surface area contributed by atoms with Gasteiger partial charge in [0.2, 0.25) is 0 Å². The highest BCUT2D eigenvalue weighted by molar-refractivity contribution is 8.13. The van der Waals surface area contributed by atoms with Crippen molar-refractivity contribution in [2.24, 2.45) is 0 Å². The standard InChI is InChI=1S/C13H18ClNO4S/c1-5-15(4)12(16)8-19-13-9(2)6-11(7-10(13)3)20(14,17)18/h6-7H,5,8H2,1-4H3. The van der Waals surface area contributed by atoms with Gasteiger partial charge in [0.15, 0.2) is 6.61 Å². The molecular weight excluding hydrogens is 302 g/mol. The maximum Gasteiger partial charge on any atom is 0.261 e. The van der Waals surface area contributed by atoms with E-state index < -0.39 is 9.05 Å². The van der Waals surface area contributed by atoms with Crippen LogP contribution in [0.5, 0.6) is 5.75 Å². The van der Waals surface area contributed by atoms with E-state index in [1.165, 1.54) is 12.1 Å². The van der Waals surface area contributed by atoms with Gasteiger partial charge in [-0.3, -0.25) is 4.79 Å². The van der Waals surface area contributed by atoms with Crippen LogP contribution in [-0.4, -0.2) is 39.4 Å². The third-order valence-corrected chi connectivity index (χ3v) is 4.29. The van der Waals surface area contributed by atoms with Gasteiger partial charge in [0.05, 0.1) is 4.90 Å². The summed E-state index contributed by atoms with van der Waals surface area (Å²) in [6.45, 7) is 5.81. The number of carbonyl (C=O) groups excluding carboxylic acids is 1. The van der Waals surface area contributed by atoms with Gasteiger partial charge in [-0.2, -0.15) is 0 Å². The van der Waals surface area contributed by atoms with Crippen molar-refractivity contribution in [1.29, 1.82) is 0 Å². The SMILES string of the molecule is CCN(C)C(=O)COc1c(C)cc(S(=O)(=O)Cl)cc1C. The summed E-state index contributed by atoms with van der Waals surface area (Å²) in [5.74, 6) is 0.368. The predicted molar refractivity (Wildman–Crippen MR) is 77.8 cm³/mol. The molecule has 5 nitrogen and oxygen atoms in total. The Hall–Kier alpha value is -1.27. The minimum atomic E-state index is -3.77. The molecule has 0 unspecified atom stereocenters. The number of hydrogen-bond acceptors (Lipinski definition) is 4. The summed E-state index contributed by atoms with van der Waals surface area (Å²) in [5, 5.41) is 0. The average molecular weight is 320 g/mol. The fraction of sp³-hybridized carbons (Fsp3) is 0.462. The Morgan fingerprint density at radius 3 is 2.20 bits per heavy atom. The number of carbonyl (C=O) groups is 1. The molecule has 0 atom stereocenters. The maximum atomic E-state index is 11.7. The van der Waals surface area contributed by atoms with E-state index >= 15 is 0 Å². The fourth-order valence-electron chi connectivity index (χ4n) is 1.70. The lowest BCUT2D eigenvalue weighted by atomic mass is 10.1. The molecule has 1 amide bonds. The molecule has 20 heavy (non-hydrogen) atoms. The minimum absolute atomic E-state index is 0.0264. The molecule has 0 radical (unpaired) electrons. The van der Waals surface area contributed by atoms with Crippen LogP contribution in [0.15, 0.2) is 17.0 Å². The zero-order valence-corrected chi connectivity index (χ0v) is 13.5. The minimum Gasteiger partial charge on any atom is -0.483 e. The highest BCUT2D eigenvalue weighted by Crippen LogP contribution is 2.28. The van der Waals surface area contributed by atoms with Crippen molar-refractivity contribution >= 4 is 25.6 Å². The van der Waals surface area contributed by atoms with Crippen molar-refractivity contribution in [2.45, 2.75) is 25.7 Å². The molecule has 1 rings (SSSR count). The molecule has 0 fully saturated rings. The van der Waals surface area contributed by atoms with E-state index in [0.29, 0.717) is 23.4 Å². The van der Waals surface area contributed by atoms with Crippen LogP contribution in [-0.2, 0) is 13.8 Å². The summed E-state index contributed by atoms with van der Waals surface area (Å²) in [6, 6.07) is 2.86. The van der Waals surface area contributed by atoms with Gasteiger partial charge in [-0.1, -0.05) is 0 Å². The second kappa shape index (κ2) is 6.45. The van der Waals surface area contributed by atoms with Crippen molar-refractivity contribution in [3.8, 4) is 5.75 Å². The number of rotatable bonds is 5. The Balaban J connectivity index is 2.96. The first-order valence-electron chi connectivity index (χ1n) is 6.09. The third kappa shape index (κ3) is 4.11. The molecule has 112 valence electrons. The highest BCUT2D eigenvalue weighted by Gasteiger charge is 2.16. The highest BCUT2D eigenvalue weighted by atomic mass is 35.7. The molecule has 0 bridgehead atoms. The molecule has 0 aliphatic heterocycles. The second-order valence-corrected chi connectivity index (χ2v) is 7.09. The van der Waals surface area contributed by atoms with Crippen molar-refractivity contribution in [3.05, 3.63) is 23.3 Å². The first-order valence-corrected chi connectivity index (χ1v) is 8.40. The number of halogens is 1. The normalized spacial score (nSPS) is 11.2. The lowest BCUT2D eigenvalue weighted by Crippen LogP contribution is -2.31. The van der Waals surface area contributed by atoms with Gasteiger partial charge in [0.25, 0.3) is 15.0 Å². The molecule has 0 aliphatic carbocycles. The number of aryl methyl sites for hydroxylation is 2. The fourth-order valence-corrected chi connectivity index (χ4v) is 2.60. The average Bonchev–Trinajstić information content (AvgIpc) is 2.35. The molecule has 0 heterocycles. The lowest BCUT2D eigenvalue weighted by molar-refractivity contribution is -0.131. The smallest absolute Gasteiger partial charge is 0.261 e. The summed E-state index contributed by atoms with van der Waals surface area (Å²) < 4.78 is 28.1. The van der Waals surface area contributed by atoms with Crippen molar-refractivity contribution in [2.75, 3.05) is 20.2 Å². The van der Waals surface area contributed by atoms with E-state index in [4.69, 9.17) is 15.4 Å². The second-order valence-electron chi connectivity index (χ2n) is 4.52. The van der Waals surface area contributed by atoms with E-state index in [0.717, 1.165) is 0 Å². The zero-order valence-electron chi connectivity index (χ0n) is 11.9. The molecule has 0 aromatic heterocycles. The Bertz CT molecular complexity index is 590. The van der Waals surface area contributed by atoms with Crippen LogP contribution in [0.25, 0.3) is 0 Å². The Morgan fingerprint density at radius 1 is 1.30 bits per heavy atom. The summed E-state index contributed by atoms with van der Waals surface area (Å²) >= 11 is 0. The van der Waals surface area contributed by atoms with Gasteiger partial charge in [-0.25, -0.2) is 8.42 Å². The van der Waals surface area contributed by atoms with Crippen molar-refractivity contribution in [1.82, 2.24) is 4.90 Å². The Morgan fingerprint density at radius 2 is 1.80 bits per heavy atom. The van der Waals surface area contributed by atoms with Crippen LogP contribution in [0, 0.1) is 13.8 Å². The number of ether oxygens (including phenoxy) is 1. The van der Waals surface area contributed by atoms with Crippen LogP contribution in [0.3, 0.4) is 0 Å². The largest absolute Gasteiger partial charge is 0.483 e. The lowest BCUT2D eigenvalue weighted by Gasteiger charge is -2.17. The molecule has 0 saturated heterocycles. The number of likely N-dealkylation sites (N-methyl/N-ethyl adjacent to an activating group) is 1. The number of benzene rings is 1. The number of amides is 1. The maximum absolute atomic E-state index is 11.7. The summed E-state index contributed by atoms with van der Waals surface area (Å²) in [4.78, 5) is 13.3. The van der Waals surface area contributed by atoms with E-state index in [1.54, 1.807) is 25.8 Å². The molecule has 0 saturated carbocycles. The van der Waals surface area contributed by atoms with Gasteiger partial charge >= 0.3 is 0 Å². The van der Waals surface area contributed by atoms with E-state index in [9.17, 15) is 13.2 Å². The number of nitrogens with zero attached hydrogens (tertiary/aromatic N) is 1. The van der Waals surface area contributed by atoms with E-state index in [1.807, 2.05) is 6.92 Å². The van der Waals surface area contributed by atoms with Gasteiger partial charge < -0.3 is 9.64 Å². The summed E-state index contributed by atoms with van der Waals surface area (Å²) in [5.41, 5.74) is 1.24. The molecule has 0 N–H and O–H groups in total. The number of hydrogen-bond donors (Lipinski definition) is 0. The zero-order chi connectivity index (χ0) is 15.5. The van der Waals surface area contributed by atoms with Gasteiger partial charge in [-0.05, 0) is 44.0 Å². The molecule has 7 heteroatoms. The van der Waals surface area contributed by atoms with Gasteiger partial charge in [0.1, 0.15) is 5.75 Å². The van der Waals surface area contributed by atoms with Gasteiger partial charge in [0, 0.05) is 24.3 Å². The van der Waals surface area contributed by atoms with Crippen LogP contribution in [0.1, 0.15) is 18.1 Å². The molecule has 1 aromatic rings. The van der Waals surface area contributed by atoms with E-state index in [2.05, 4.69) is 0 Å². The monoisotopic (exact) mass is 319 g/mol. The van der Waals surface area contributed by atoms with Crippen molar-refractivity contribution < 1.29 is 17.9 Å². The Kier molecular flexibility index (Phi) is 5.42.